The first-order chi connectivity index (χ1) is 21.3. The van der Waals surface area contributed by atoms with Gasteiger partial charge in [-0.05, 0) is 100 Å². The lowest BCUT2D eigenvalue weighted by Gasteiger charge is -2.22. The Labute approximate surface area is 253 Å². The lowest BCUT2D eigenvalue weighted by molar-refractivity contribution is 1.40. The zero-order chi connectivity index (χ0) is 28.1. The van der Waals surface area contributed by atoms with Crippen LogP contribution in [0.25, 0.3) is 87.2 Å². The highest BCUT2D eigenvalue weighted by molar-refractivity contribution is 7.99. The number of hydrogen-bond donors (Lipinski definition) is 0. The third-order valence-corrected chi connectivity index (χ3v) is 10.5. The molecule has 0 nitrogen and oxygen atoms in total. The van der Waals surface area contributed by atoms with Crippen LogP contribution in [0.4, 0.5) is 0 Å². The second-order valence-electron chi connectivity index (χ2n) is 11.6. The summed E-state index contributed by atoms with van der Waals surface area (Å²) in [5.41, 5.74) is 7.78. The van der Waals surface area contributed by atoms with E-state index in [1.165, 1.54) is 97.0 Å². The minimum absolute atomic E-state index is 1.25. The van der Waals surface area contributed by atoms with Gasteiger partial charge in [0.2, 0.25) is 0 Å². The van der Waals surface area contributed by atoms with Crippen LogP contribution in [0.2, 0.25) is 0 Å². The molecule has 0 amide bonds. The van der Waals surface area contributed by atoms with Crippen LogP contribution in [0.15, 0.2) is 155 Å². The SMILES string of the molecule is c1ccc2c(c1)Sc1ccc(-c3ccc4cccc(-c5ccc6ccc7cccc8ccc5c6c78)c4c3)c3cccc-2c13. The maximum absolute atomic E-state index is 2.41. The van der Waals surface area contributed by atoms with E-state index >= 15 is 0 Å². The Morgan fingerprint density at radius 3 is 1.86 bits per heavy atom. The van der Waals surface area contributed by atoms with Gasteiger partial charge in [-0.1, -0.05) is 139 Å². The molecule has 0 aliphatic carbocycles. The van der Waals surface area contributed by atoms with Gasteiger partial charge in [-0.3, -0.25) is 0 Å². The Kier molecular flexibility index (Phi) is 4.75. The summed E-state index contributed by atoms with van der Waals surface area (Å²) in [6, 6.07) is 54.3. The summed E-state index contributed by atoms with van der Waals surface area (Å²) in [5, 5.41) is 13.2. The normalized spacial score (nSPS) is 12.6. The summed E-state index contributed by atoms with van der Waals surface area (Å²) in [5.74, 6) is 0. The first kappa shape index (κ1) is 23.5. The van der Waals surface area contributed by atoms with E-state index in [-0.39, 0.29) is 0 Å². The molecule has 0 saturated heterocycles. The van der Waals surface area contributed by atoms with Crippen molar-refractivity contribution in [1.82, 2.24) is 0 Å². The molecule has 0 unspecified atom stereocenters. The van der Waals surface area contributed by atoms with Crippen molar-refractivity contribution in [1.29, 1.82) is 0 Å². The van der Waals surface area contributed by atoms with Gasteiger partial charge in [0.1, 0.15) is 0 Å². The molecule has 1 heteroatoms. The van der Waals surface area contributed by atoms with Gasteiger partial charge in [-0.15, -0.1) is 0 Å². The molecule has 0 fully saturated rings. The molecule has 9 aromatic rings. The molecule has 1 aliphatic heterocycles. The molecule has 0 aromatic heterocycles. The highest BCUT2D eigenvalue weighted by Gasteiger charge is 2.21. The number of hydrogen-bond acceptors (Lipinski definition) is 1. The Morgan fingerprint density at radius 1 is 0.302 bits per heavy atom. The van der Waals surface area contributed by atoms with E-state index < -0.39 is 0 Å². The predicted molar refractivity (Wildman–Crippen MR) is 186 cm³/mol. The van der Waals surface area contributed by atoms with Crippen molar-refractivity contribution in [2.45, 2.75) is 9.79 Å². The maximum Gasteiger partial charge on any atom is 0.0207 e. The van der Waals surface area contributed by atoms with Crippen LogP contribution in [-0.2, 0) is 0 Å². The standard InChI is InChI=1S/C42H24S/c1-2-13-38-33(9-1)35-12-5-11-34-30(22-23-39(43-38)42(34)35)29-17-14-25-6-4-10-31(37(25)24-29)32-20-18-28-16-15-26-7-3-8-27-19-21-36(32)41(28)40(26)27/h1-24H. The highest BCUT2D eigenvalue weighted by Crippen LogP contribution is 2.50. The van der Waals surface area contributed by atoms with Crippen LogP contribution < -0.4 is 0 Å². The van der Waals surface area contributed by atoms with Gasteiger partial charge in [-0.2, -0.15) is 0 Å². The van der Waals surface area contributed by atoms with Crippen molar-refractivity contribution in [2.75, 3.05) is 0 Å². The van der Waals surface area contributed by atoms with Gasteiger partial charge in [-0.25, -0.2) is 0 Å². The molecule has 0 bridgehead atoms. The molecule has 1 heterocycles. The lowest BCUT2D eigenvalue weighted by atomic mass is 9.87. The van der Waals surface area contributed by atoms with Crippen LogP contribution in [0.1, 0.15) is 0 Å². The predicted octanol–water partition coefficient (Wildman–Crippen LogP) is 12.4. The first-order valence-corrected chi connectivity index (χ1v) is 15.7. The number of benzene rings is 9. The van der Waals surface area contributed by atoms with E-state index in [1.54, 1.807) is 0 Å². The molecule has 198 valence electrons. The third kappa shape index (κ3) is 3.29. The summed E-state index contributed by atoms with van der Waals surface area (Å²) in [7, 11) is 0. The topological polar surface area (TPSA) is 0 Å². The van der Waals surface area contributed by atoms with E-state index in [0.29, 0.717) is 0 Å². The number of rotatable bonds is 2. The molecule has 10 rings (SSSR count). The van der Waals surface area contributed by atoms with E-state index in [1.807, 2.05) is 11.8 Å². The molecule has 1 aliphatic rings. The average Bonchev–Trinajstić information content (AvgIpc) is 3.07. The van der Waals surface area contributed by atoms with Gasteiger partial charge < -0.3 is 0 Å². The summed E-state index contributed by atoms with van der Waals surface area (Å²) < 4.78 is 0. The molecule has 43 heavy (non-hydrogen) atoms. The average molecular weight is 561 g/mol. The molecule has 0 atom stereocenters. The Morgan fingerprint density at radius 2 is 0.930 bits per heavy atom. The molecule has 0 radical (unpaired) electrons. The van der Waals surface area contributed by atoms with Crippen LogP contribution >= 0.6 is 11.8 Å². The van der Waals surface area contributed by atoms with Crippen molar-refractivity contribution in [3.63, 3.8) is 0 Å². The second kappa shape index (κ2) is 8.70. The van der Waals surface area contributed by atoms with Crippen LogP contribution in [0.3, 0.4) is 0 Å². The molecule has 0 saturated carbocycles. The fourth-order valence-corrected chi connectivity index (χ4v) is 8.61. The van der Waals surface area contributed by atoms with E-state index in [4.69, 9.17) is 0 Å². The van der Waals surface area contributed by atoms with E-state index in [9.17, 15) is 0 Å². The van der Waals surface area contributed by atoms with Gasteiger partial charge >= 0.3 is 0 Å². The quantitative estimate of drug-likeness (QED) is 0.190. The maximum atomic E-state index is 2.41. The molecule has 9 aromatic carbocycles. The Hall–Kier alpha value is -5.11. The molecular weight excluding hydrogens is 537 g/mol. The van der Waals surface area contributed by atoms with Gasteiger partial charge in [0.25, 0.3) is 0 Å². The minimum Gasteiger partial charge on any atom is -0.0888 e. The van der Waals surface area contributed by atoms with Crippen molar-refractivity contribution in [2.24, 2.45) is 0 Å². The van der Waals surface area contributed by atoms with Gasteiger partial charge in [0.15, 0.2) is 0 Å². The second-order valence-corrected chi connectivity index (χ2v) is 12.7. The monoisotopic (exact) mass is 560 g/mol. The smallest absolute Gasteiger partial charge is 0.0207 e. The zero-order valence-corrected chi connectivity index (χ0v) is 24.1. The summed E-state index contributed by atoms with van der Waals surface area (Å²) in [6.45, 7) is 0. The van der Waals surface area contributed by atoms with Crippen molar-refractivity contribution >= 4 is 65.6 Å². The van der Waals surface area contributed by atoms with Crippen LogP contribution in [0.5, 0.6) is 0 Å². The van der Waals surface area contributed by atoms with Gasteiger partial charge in [0.05, 0.1) is 0 Å². The van der Waals surface area contributed by atoms with E-state index in [2.05, 4.69) is 146 Å². The van der Waals surface area contributed by atoms with Gasteiger partial charge in [0, 0.05) is 15.2 Å². The van der Waals surface area contributed by atoms with E-state index in [0.717, 1.165) is 0 Å². The Balaban J connectivity index is 1.22. The van der Waals surface area contributed by atoms with Crippen LogP contribution in [-0.4, -0.2) is 0 Å². The first-order valence-electron chi connectivity index (χ1n) is 14.8. The fourth-order valence-electron chi connectivity index (χ4n) is 7.48. The van der Waals surface area contributed by atoms with Crippen LogP contribution in [0, 0.1) is 0 Å². The molecule has 0 N–H and O–H groups in total. The number of fused-ring (bicyclic) bond motifs is 3. The minimum atomic E-state index is 1.25. The Bertz CT molecular complexity index is 2570. The summed E-state index contributed by atoms with van der Waals surface area (Å²) in [4.78, 5) is 2.67. The summed E-state index contributed by atoms with van der Waals surface area (Å²) >= 11 is 1.88. The van der Waals surface area contributed by atoms with Crippen molar-refractivity contribution in [3.8, 4) is 33.4 Å². The lowest BCUT2D eigenvalue weighted by Crippen LogP contribution is -1.94. The largest absolute Gasteiger partial charge is 0.0888 e. The third-order valence-electron chi connectivity index (χ3n) is 9.41. The highest BCUT2D eigenvalue weighted by atomic mass is 32.2. The molecular formula is C42H24S. The van der Waals surface area contributed by atoms with Crippen molar-refractivity contribution in [3.05, 3.63) is 146 Å². The zero-order valence-electron chi connectivity index (χ0n) is 23.3. The fraction of sp³-hybridized carbons (Fsp3) is 0. The summed E-state index contributed by atoms with van der Waals surface area (Å²) in [6.07, 6.45) is 0. The molecule has 0 spiro atoms. The van der Waals surface area contributed by atoms with Crippen molar-refractivity contribution < 1.29 is 0 Å².